The van der Waals surface area contributed by atoms with E-state index in [2.05, 4.69) is 11.8 Å². The number of benzene rings is 1. The molecule has 13 heavy (non-hydrogen) atoms. The molecule has 0 atom stereocenters. The van der Waals surface area contributed by atoms with Gasteiger partial charge in [0.2, 0.25) is 0 Å². The molecule has 1 aromatic rings. The summed E-state index contributed by atoms with van der Waals surface area (Å²) in [5.41, 5.74) is 0.408. The Hall–Kier alpha value is -1.53. The Kier molecular flexibility index (Phi) is 3.30. The number of halogens is 1. The van der Waals surface area contributed by atoms with E-state index in [1.165, 1.54) is 12.1 Å². The molecule has 68 valence electrons. The minimum atomic E-state index is -0.520. The largest absolute Gasteiger partial charge is 0.508 e. The van der Waals surface area contributed by atoms with Crippen molar-refractivity contribution in [3.63, 3.8) is 0 Å². The molecule has 3 heteroatoms. The van der Waals surface area contributed by atoms with Gasteiger partial charge in [0, 0.05) is 18.1 Å². The summed E-state index contributed by atoms with van der Waals surface area (Å²) in [6, 6.07) is 3.61. The van der Waals surface area contributed by atoms with Crippen LogP contribution in [0.3, 0.4) is 0 Å². The van der Waals surface area contributed by atoms with Crippen molar-refractivity contribution in [1.29, 1.82) is 0 Å². The zero-order chi connectivity index (χ0) is 9.68. The van der Waals surface area contributed by atoms with Gasteiger partial charge < -0.3 is 10.2 Å². The monoisotopic (exact) mass is 180 g/mol. The van der Waals surface area contributed by atoms with Crippen LogP contribution in [-0.4, -0.2) is 16.8 Å². The number of aliphatic hydroxyl groups is 1. The van der Waals surface area contributed by atoms with Gasteiger partial charge in [-0.3, -0.25) is 0 Å². The van der Waals surface area contributed by atoms with Crippen LogP contribution in [0, 0.1) is 17.7 Å². The molecule has 2 N–H and O–H groups in total. The zero-order valence-electron chi connectivity index (χ0n) is 6.92. The van der Waals surface area contributed by atoms with Gasteiger partial charge in [-0.1, -0.05) is 11.8 Å². The third kappa shape index (κ3) is 3.14. The highest BCUT2D eigenvalue weighted by atomic mass is 19.1. The number of hydrogen-bond donors (Lipinski definition) is 2. The van der Waals surface area contributed by atoms with Crippen molar-refractivity contribution >= 4 is 0 Å². The van der Waals surface area contributed by atoms with Crippen molar-refractivity contribution in [2.24, 2.45) is 0 Å². The van der Waals surface area contributed by atoms with Gasteiger partial charge in [0.25, 0.3) is 0 Å². The van der Waals surface area contributed by atoms with E-state index in [0.717, 1.165) is 6.07 Å². The molecule has 0 saturated heterocycles. The van der Waals surface area contributed by atoms with Crippen molar-refractivity contribution in [1.82, 2.24) is 0 Å². The van der Waals surface area contributed by atoms with Crippen LogP contribution < -0.4 is 0 Å². The first-order chi connectivity index (χ1) is 6.22. The average molecular weight is 180 g/mol. The molecule has 0 bridgehead atoms. The van der Waals surface area contributed by atoms with Crippen LogP contribution in [0.4, 0.5) is 4.39 Å². The van der Waals surface area contributed by atoms with Crippen LogP contribution in [0.25, 0.3) is 0 Å². The molecule has 0 aliphatic heterocycles. The summed E-state index contributed by atoms with van der Waals surface area (Å²) in [5.74, 6) is 4.58. The summed E-state index contributed by atoms with van der Waals surface area (Å²) in [5, 5.41) is 17.4. The second-order valence-corrected chi connectivity index (χ2v) is 2.47. The number of phenolic OH excluding ortho intramolecular Hbond substituents is 1. The molecule has 0 heterocycles. The van der Waals surface area contributed by atoms with E-state index < -0.39 is 5.82 Å². The molecule has 0 unspecified atom stereocenters. The van der Waals surface area contributed by atoms with E-state index in [-0.39, 0.29) is 12.4 Å². The van der Waals surface area contributed by atoms with Crippen molar-refractivity contribution in [3.05, 3.63) is 29.6 Å². The lowest BCUT2D eigenvalue weighted by atomic mass is 10.2. The SMILES string of the molecule is OCCC#Cc1cc(O)cc(F)c1. The van der Waals surface area contributed by atoms with Gasteiger partial charge in [-0.2, -0.15) is 0 Å². The number of phenols is 1. The van der Waals surface area contributed by atoms with Gasteiger partial charge >= 0.3 is 0 Å². The quantitative estimate of drug-likeness (QED) is 0.639. The molecule has 0 amide bonds. The molecule has 0 aliphatic carbocycles. The fraction of sp³-hybridized carbons (Fsp3) is 0.200. The summed E-state index contributed by atoms with van der Waals surface area (Å²) in [4.78, 5) is 0. The highest BCUT2D eigenvalue weighted by Gasteiger charge is 1.95. The van der Waals surface area contributed by atoms with Crippen molar-refractivity contribution in [2.75, 3.05) is 6.61 Å². The third-order valence-electron chi connectivity index (χ3n) is 1.35. The lowest BCUT2D eigenvalue weighted by molar-refractivity contribution is 0.305. The normalized spacial score (nSPS) is 9.08. The molecule has 0 spiro atoms. The predicted octanol–water partition coefficient (Wildman–Crippen LogP) is 1.27. The number of hydrogen-bond acceptors (Lipinski definition) is 2. The van der Waals surface area contributed by atoms with E-state index in [1.54, 1.807) is 0 Å². The van der Waals surface area contributed by atoms with Crippen LogP contribution in [0.2, 0.25) is 0 Å². The summed E-state index contributed by atoms with van der Waals surface area (Å²) >= 11 is 0. The minimum absolute atomic E-state index is 0.0195. The molecule has 1 rings (SSSR count). The first-order valence-electron chi connectivity index (χ1n) is 3.81. The Morgan fingerprint density at radius 1 is 1.31 bits per heavy atom. The van der Waals surface area contributed by atoms with E-state index in [1.807, 2.05) is 0 Å². The highest BCUT2D eigenvalue weighted by Crippen LogP contribution is 2.13. The molecule has 1 aromatic carbocycles. The Morgan fingerprint density at radius 2 is 2.08 bits per heavy atom. The molecule has 0 radical (unpaired) electrons. The van der Waals surface area contributed by atoms with Crippen LogP contribution in [0.5, 0.6) is 5.75 Å². The maximum atomic E-state index is 12.7. The van der Waals surface area contributed by atoms with Gasteiger partial charge in [-0.25, -0.2) is 4.39 Å². The fourth-order valence-corrected chi connectivity index (χ4v) is 0.867. The zero-order valence-corrected chi connectivity index (χ0v) is 6.92. The molecular formula is C10H9FO2. The highest BCUT2D eigenvalue weighted by molar-refractivity contribution is 5.39. The van der Waals surface area contributed by atoms with Gasteiger partial charge in [-0.15, -0.1) is 0 Å². The number of aliphatic hydroxyl groups excluding tert-OH is 1. The fourth-order valence-electron chi connectivity index (χ4n) is 0.867. The molecular weight excluding hydrogens is 171 g/mol. The average Bonchev–Trinajstić information content (AvgIpc) is 2.03. The van der Waals surface area contributed by atoms with Gasteiger partial charge in [-0.05, 0) is 12.1 Å². The second kappa shape index (κ2) is 4.48. The summed E-state index contributed by atoms with van der Waals surface area (Å²) in [6.07, 6.45) is 0.345. The Morgan fingerprint density at radius 3 is 2.69 bits per heavy atom. The van der Waals surface area contributed by atoms with Crippen molar-refractivity contribution in [2.45, 2.75) is 6.42 Å². The van der Waals surface area contributed by atoms with Gasteiger partial charge in [0.1, 0.15) is 11.6 Å². The first-order valence-corrected chi connectivity index (χ1v) is 3.81. The van der Waals surface area contributed by atoms with Crippen molar-refractivity contribution < 1.29 is 14.6 Å². The Labute approximate surface area is 75.6 Å². The summed E-state index contributed by atoms with van der Waals surface area (Å²) in [7, 11) is 0. The van der Waals surface area contributed by atoms with E-state index in [4.69, 9.17) is 10.2 Å². The van der Waals surface area contributed by atoms with Gasteiger partial charge in [0.05, 0.1) is 6.61 Å². The molecule has 0 aliphatic rings. The van der Waals surface area contributed by atoms with Crippen LogP contribution in [0.15, 0.2) is 18.2 Å². The minimum Gasteiger partial charge on any atom is -0.508 e. The molecule has 2 nitrogen and oxygen atoms in total. The van der Waals surface area contributed by atoms with Crippen molar-refractivity contribution in [3.8, 4) is 17.6 Å². The van der Waals surface area contributed by atoms with Crippen LogP contribution in [0.1, 0.15) is 12.0 Å². The first kappa shape index (κ1) is 9.56. The lowest BCUT2D eigenvalue weighted by Gasteiger charge is -1.93. The molecule has 0 saturated carbocycles. The standard InChI is InChI=1S/C10H9FO2/c11-9-5-8(3-1-2-4-12)6-10(13)7-9/h5-7,12-13H,2,4H2. The van der Waals surface area contributed by atoms with E-state index >= 15 is 0 Å². The molecule has 0 fully saturated rings. The smallest absolute Gasteiger partial charge is 0.128 e. The maximum Gasteiger partial charge on any atom is 0.128 e. The van der Waals surface area contributed by atoms with E-state index in [0.29, 0.717) is 12.0 Å². The van der Waals surface area contributed by atoms with Crippen LogP contribution >= 0.6 is 0 Å². The summed E-state index contributed by atoms with van der Waals surface area (Å²) < 4.78 is 12.7. The van der Waals surface area contributed by atoms with Gasteiger partial charge in [0.15, 0.2) is 0 Å². The van der Waals surface area contributed by atoms with E-state index in [9.17, 15) is 4.39 Å². The lowest BCUT2D eigenvalue weighted by Crippen LogP contribution is -1.80. The third-order valence-corrected chi connectivity index (χ3v) is 1.35. The topological polar surface area (TPSA) is 40.5 Å². The van der Waals surface area contributed by atoms with Crippen LogP contribution in [-0.2, 0) is 0 Å². The molecule has 0 aromatic heterocycles. The second-order valence-electron chi connectivity index (χ2n) is 2.47. The number of rotatable bonds is 1. The Bertz CT molecular complexity index is 329. The predicted molar refractivity (Wildman–Crippen MR) is 46.6 cm³/mol. The maximum absolute atomic E-state index is 12.7. The number of aromatic hydroxyl groups is 1. The summed E-state index contributed by atoms with van der Waals surface area (Å²) in [6.45, 7) is -0.0195. The Balaban J connectivity index is 2.85.